The van der Waals surface area contributed by atoms with Gasteiger partial charge in [0.25, 0.3) is 0 Å². The molecule has 236 valence electrons. The van der Waals surface area contributed by atoms with Gasteiger partial charge in [-0.2, -0.15) is 0 Å². The highest BCUT2D eigenvalue weighted by molar-refractivity contribution is 6.42. The summed E-state index contributed by atoms with van der Waals surface area (Å²) in [7, 11) is 2.19. The molecule has 4 heterocycles. The Morgan fingerprint density at radius 3 is 2.39 bits per heavy atom. The lowest BCUT2D eigenvalue weighted by atomic mass is 9.77. The molecule has 0 bridgehead atoms. The minimum Gasteiger partial charge on any atom is -0.444 e. The first-order chi connectivity index (χ1) is 21.3. The summed E-state index contributed by atoms with van der Waals surface area (Å²) < 4.78 is 7.68. The van der Waals surface area contributed by atoms with E-state index in [1.807, 2.05) is 28.8 Å². The zero-order valence-corrected chi connectivity index (χ0v) is 26.7. The number of aromatic amines is 1. The van der Waals surface area contributed by atoms with Crippen molar-refractivity contribution in [1.29, 1.82) is 0 Å². The molecule has 11 heteroatoms. The molecule has 3 saturated heterocycles. The lowest BCUT2D eigenvalue weighted by Crippen LogP contribution is -2.67. The zero-order chi connectivity index (χ0) is 30.8. The van der Waals surface area contributed by atoms with E-state index >= 15 is 0 Å². The third-order valence-corrected chi connectivity index (χ3v) is 11.0. The van der Waals surface area contributed by atoms with E-state index in [1.54, 1.807) is 23.1 Å². The monoisotopic (exact) mass is 641 g/mol. The number of para-hydroxylation sites is 2. The standard InChI is InChI=1S/C33H41Cl2N5O4/c1-37-14-8-24(9-15-37)25-10-16-38(17-11-25)33(13-19-41)21-26(40-30-5-3-2-4-29(30)36-31(40)42)12-18-39(33)32(43)44-22-23-6-7-27(34)28(35)20-23/h2-7,19-20,24-26H,8-18,21-22H2,1H3,(H,36,42)/t26-,33+/m1/s1. The summed E-state index contributed by atoms with van der Waals surface area (Å²) in [5, 5.41) is 0.831. The average molecular weight is 643 g/mol. The van der Waals surface area contributed by atoms with Crippen LogP contribution in [0.2, 0.25) is 10.0 Å². The van der Waals surface area contributed by atoms with E-state index in [4.69, 9.17) is 27.9 Å². The van der Waals surface area contributed by atoms with Gasteiger partial charge in [-0.1, -0.05) is 41.4 Å². The summed E-state index contributed by atoms with van der Waals surface area (Å²) in [6.45, 7) is 4.25. The van der Waals surface area contributed by atoms with Gasteiger partial charge in [0.15, 0.2) is 0 Å². The highest BCUT2D eigenvalue weighted by Crippen LogP contribution is 2.43. The maximum atomic E-state index is 13.9. The van der Waals surface area contributed by atoms with Crippen LogP contribution in [0.3, 0.4) is 0 Å². The maximum absolute atomic E-state index is 13.9. The Labute approximate surface area is 268 Å². The van der Waals surface area contributed by atoms with Crippen molar-refractivity contribution in [3.05, 3.63) is 68.6 Å². The van der Waals surface area contributed by atoms with Crippen molar-refractivity contribution >= 4 is 46.6 Å². The molecular formula is C33H41Cl2N5O4. The normalized spacial score (nSPS) is 24.5. The fourth-order valence-corrected chi connectivity index (χ4v) is 8.21. The average Bonchev–Trinajstić information content (AvgIpc) is 3.37. The number of amides is 1. The van der Waals surface area contributed by atoms with E-state index in [1.165, 1.54) is 12.8 Å². The minimum atomic E-state index is -0.908. The molecule has 3 aliphatic rings. The van der Waals surface area contributed by atoms with Crippen LogP contribution in [0.25, 0.3) is 11.0 Å². The Kier molecular flexibility index (Phi) is 9.38. The van der Waals surface area contributed by atoms with Crippen LogP contribution in [0, 0.1) is 11.8 Å². The Balaban J connectivity index is 1.28. The van der Waals surface area contributed by atoms with Gasteiger partial charge in [-0.3, -0.25) is 14.4 Å². The molecular weight excluding hydrogens is 601 g/mol. The number of aldehydes is 1. The molecule has 2 atom stereocenters. The summed E-state index contributed by atoms with van der Waals surface area (Å²) >= 11 is 12.3. The first kappa shape index (κ1) is 31.1. The second kappa shape index (κ2) is 13.3. The van der Waals surface area contributed by atoms with E-state index in [2.05, 4.69) is 21.8 Å². The number of H-pyrrole nitrogens is 1. The second-order valence-corrected chi connectivity index (χ2v) is 13.6. The molecule has 1 amide bonds. The van der Waals surface area contributed by atoms with Crippen LogP contribution in [0.4, 0.5) is 4.79 Å². The topological polar surface area (TPSA) is 90.9 Å². The third-order valence-electron chi connectivity index (χ3n) is 10.3. The maximum Gasteiger partial charge on any atom is 0.411 e. The molecule has 3 aromatic rings. The van der Waals surface area contributed by atoms with Crippen LogP contribution in [-0.2, 0) is 16.1 Å². The van der Waals surface area contributed by atoms with Gasteiger partial charge in [-0.25, -0.2) is 9.59 Å². The summed E-state index contributed by atoms with van der Waals surface area (Å²) in [5.41, 5.74) is 1.26. The number of piperidine rings is 3. The van der Waals surface area contributed by atoms with Gasteiger partial charge in [0.05, 0.1) is 21.1 Å². The van der Waals surface area contributed by atoms with E-state index in [0.29, 0.717) is 41.3 Å². The molecule has 3 aliphatic heterocycles. The number of rotatable bonds is 7. The quantitative estimate of drug-likeness (QED) is 0.321. The molecule has 0 aliphatic carbocycles. The van der Waals surface area contributed by atoms with Crippen molar-refractivity contribution in [2.24, 2.45) is 11.8 Å². The van der Waals surface area contributed by atoms with Crippen molar-refractivity contribution in [3.8, 4) is 0 Å². The predicted octanol–water partition coefficient (Wildman–Crippen LogP) is 5.95. The van der Waals surface area contributed by atoms with E-state index in [-0.39, 0.29) is 24.8 Å². The zero-order valence-electron chi connectivity index (χ0n) is 25.2. The van der Waals surface area contributed by atoms with Crippen molar-refractivity contribution in [2.75, 3.05) is 39.8 Å². The van der Waals surface area contributed by atoms with Crippen molar-refractivity contribution in [2.45, 2.75) is 63.3 Å². The van der Waals surface area contributed by atoms with Crippen LogP contribution in [-0.4, -0.2) is 82.1 Å². The summed E-state index contributed by atoms with van der Waals surface area (Å²) in [4.78, 5) is 49.1. The molecule has 0 spiro atoms. The van der Waals surface area contributed by atoms with Crippen LogP contribution >= 0.6 is 23.2 Å². The van der Waals surface area contributed by atoms with Gasteiger partial charge >= 0.3 is 11.8 Å². The third kappa shape index (κ3) is 6.16. The number of fused-ring (bicyclic) bond motifs is 1. The SMILES string of the molecule is CN1CCC(C2CCN([C@]3(CC=O)C[C@H](n4c(=O)[nH]c5ccccc54)CCN3C(=O)OCc3ccc(Cl)c(Cl)c3)CC2)CC1. The van der Waals surface area contributed by atoms with E-state index < -0.39 is 11.8 Å². The number of hydrogen-bond acceptors (Lipinski definition) is 6. The molecule has 9 nitrogen and oxygen atoms in total. The number of carbonyl (C=O) groups excluding carboxylic acids is 2. The smallest absolute Gasteiger partial charge is 0.411 e. The number of benzene rings is 2. The minimum absolute atomic E-state index is 0.0346. The number of nitrogens with zero attached hydrogens (tertiary/aromatic N) is 4. The Morgan fingerprint density at radius 1 is 0.977 bits per heavy atom. The Bertz CT molecular complexity index is 1540. The van der Waals surface area contributed by atoms with Crippen molar-refractivity contribution in [3.63, 3.8) is 0 Å². The summed E-state index contributed by atoms with van der Waals surface area (Å²) in [6.07, 6.45) is 6.10. The molecule has 3 fully saturated rings. The number of halogens is 2. The highest BCUT2D eigenvalue weighted by atomic mass is 35.5. The number of carbonyl (C=O) groups is 2. The molecule has 0 unspecified atom stereocenters. The van der Waals surface area contributed by atoms with E-state index in [9.17, 15) is 14.4 Å². The number of aromatic nitrogens is 2. The fraction of sp³-hybridized carbons (Fsp3) is 0.545. The predicted molar refractivity (Wildman–Crippen MR) is 172 cm³/mol. The number of hydrogen-bond donors (Lipinski definition) is 1. The van der Waals surface area contributed by atoms with Crippen molar-refractivity contribution in [1.82, 2.24) is 24.3 Å². The lowest BCUT2D eigenvalue weighted by molar-refractivity contribution is -0.127. The molecule has 6 rings (SSSR count). The van der Waals surface area contributed by atoms with Gasteiger partial charge in [-0.05, 0) is 93.9 Å². The van der Waals surface area contributed by atoms with Crippen LogP contribution in [0.1, 0.15) is 56.6 Å². The fourth-order valence-electron chi connectivity index (χ4n) is 7.89. The summed E-state index contributed by atoms with van der Waals surface area (Å²) in [6, 6.07) is 12.6. The van der Waals surface area contributed by atoms with Gasteiger partial charge in [0.1, 0.15) is 18.6 Å². The molecule has 0 saturated carbocycles. The van der Waals surface area contributed by atoms with Crippen LogP contribution < -0.4 is 5.69 Å². The number of likely N-dealkylation sites (tertiary alicyclic amines) is 3. The van der Waals surface area contributed by atoms with Gasteiger partial charge in [-0.15, -0.1) is 0 Å². The van der Waals surface area contributed by atoms with Gasteiger partial charge in [0, 0.05) is 38.5 Å². The highest BCUT2D eigenvalue weighted by Gasteiger charge is 2.51. The number of imidazole rings is 1. The first-order valence-electron chi connectivity index (χ1n) is 15.7. The Hall–Kier alpha value is -2.85. The van der Waals surface area contributed by atoms with E-state index in [0.717, 1.165) is 61.9 Å². The molecule has 0 radical (unpaired) electrons. The number of ether oxygens (including phenoxy) is 1. The first-order valence-corrected chi connectivity index (χ1v) is 16.5. The molecule has 2 aromatic carbocycles. The van der Waals surface area contributed by atoms with Crippen molar-refractivity contribution < 1.29 is 14.3 Å². The largest absolute Gasteiger partial charge is 0.444 e. The van der Waals surface area contributed by atoms with Crippen LogP contribution in [0.5, 0.6) is 0 Å². The van der Waals surface area contributed by atoms with Gasteiger partial charge in [0.2, 0.25) is 0 Å². The molecule has 1 aromatic heterocycles. The van der Waals surface area contributed by atoms with Crippen LogP contribution in [0.15, 0.2) is 47.3 Å². The van der Waals surface area contributed by atoms with Gasteiger partial charge < -0.3 is 19.4 Å². The Morgan fingerprint density at radius 2 is 1.68 bits per heavy atom. The molecule has 1 N–H and O–H groups in total. The second-order valence-electron chi connectivity index (χ2n) is 12.7. The molecule has 44 heavy (non-hydrogen) atoms. The summed E-state index contributed by atoms with van der Waals surface area (Å²) in [5.74, 6) is 1.35. The lowest BCUT2D eigenvalue weighted by Gasteiger charge is -2.56. The number of nitrogens with one attached hydrogen (secondary N) is 1.